The minimum atomic E-state index is -4.40. The Balaban J connectivity index is 1.54. The third kappa shape index (κ3) is 6.24. The molecule has 0 saturated heterocycles. The Morgan fingerprint density at radius 1 is 1.00 bits per heavy atom. The second kappa shape index (κ2) is 10.5. The molecule has 0 atom stereocenters. The normalized spacial score (nSPS) is 14.7. The smallest absolute Gasteiger partial charge is 0.416 e. The molecule has 0 spiro atoms. The third-order valence-electron chi connectivity index (χ3n) is 6.00. The number of benzene rings is 3. The number of hydrogen-bond acceptors (Lipinski definition) is 3. The fourth-order valence-electron chi connectivity index (χ4n) is 4.11. The van der Waals surface area contributed by atoms with E-state index in [1.807, 2.05) is 24.3 Å². The highest BCUT2D eigenvalue weighted by atomic mass is 35.5. The van der Waals surface area contributed by atoms with Crippen molar-refractivity contribution in [1.82, 2.24) is 10.2 Å². The molecule has 0 radical (unpaired) electrons. The lowest BCUT2D eigenvalue weighted by Crippen LogP contribution is -2.37. The molecule has 1 aliphatic heterocycles. The van der Waals surface area contributed by atoms with Gasteiger partial charge in [-0.15, -0.1) is 0 Å². The van der Waals surface area contributed by atoms with Crippen molar-refractivity contribution in [2.45, 2.75) is 25.7 Å². The van der Waals surface area contributed by atoms with Crippen molar-refractivity contribution in [3.63, 3.8) is 0 Å². The van der Waals surface area contributed by atoms with Gasteiger partial charge < -0.3 is 10.4 Å². The second-order valence-corrected chi connectivity index (χ2v) is 8.84. The Morgan fingerprint density at radius 2 is 1.69 bits per heavy atom. The number of halogens is 4. The maximum atomic E-state index is 13.3. The van der Waals surface area contributed by atoms with Crippen LogP contribution in [0.1, 0.15) is 28.7 Å². The van der Waals surface area contributed by atoms with Gasteiger partial charge in [0.2, 0.25) is 5.91 Å². The number of carbonyl (C=O) groups is 1. The molecule has 0 aliphatic carbocycles. The predicted molar refractivity (Wildman–Crippen MR) is 130 cm³/mol. The van der Waals surface area contributed by atoms with E-state index in [0.29, 0.717) is 35.7 Å². The van der Waals surface area contributed by atoms with Crippen LogP contribution in [0.25, 0.3) is 5.57 Å². The van der Waals surface area contributed by atoms with Crippen LogP contribution >= 0.6 is 11.6 Å². The average Bonchev–Trinajstić information content (AvgIpc) is 2.84. The second-order valence-electron chi connectivity index (χ2n) is 8.43. The number of phenolic OH excluding ortho intramolecular Hbond substituents is 1. The maximum absolute atomic E-state index is 13.3. The quantitative estimate of drug-likeness (QED) is 0.434. The molecule has 0 unspecified atom stereocenters. The lowest BCUT2D eigenvalue weighted by atomic mass is 9.92. The first kappa shape index (κ1) is 24.8. The monoisotopic (exact) mass is 500 g/mol. The minimum Gasteiger partial charge on any atom is -0.508 e. The van der Waals surface area contributed by atoms with Gasteiger partial charge >= 0.3 is 6.18 Å². The van der Waals surface area contributed by atoms with Crippen LogP contribution < -0.4 is 5.32 Å². The van der Waals surface area contributed by atoms with E-state index in [4.69, 9.17) is 11.6 Å². The van der Waals surface area contributed by atoms with E-state index in [2.05, 4.69) is 10.2 Å². The molecule has 3 aromatic carbocycles. The van der Waals surface area contributed by atoms with Crippen LogP contribution in [0, 0.1) is 0 Å². The highest BCUT2D eigenvalue weighted by Crippen LogP contribution is 2.31. The van der Waals surface area contributed by atoms with Gasteiger partial charge in [0.1, 0.15) is 5.75 Å². The number of alkyl halides is 3. The van der Waals surface area contributed by atoms with Gasteiger partial charge in [-0.25, -0.2) is 0 Å². The lowest BCUT2D eigenvalue weighted by molar-refractivity contribution is -0.137. The molecular weight excluding hydrogens is 477 g/mol. The number of phenols is 1. The number of rotatable bonds is 6. The van der Waals surface area contributed by atoms with E-state index < -0.39 is 11.7 Å². The van der Waals surface area contributed by atoms with Crippen LogP contribution in [-0.4, -0.2) is 29.0 Å². The summed E-state index contributed by atoms with van der Waals surface area (Å²) in [5.41, 5.74) is 3.12. The van der Waals surface area contributed by atoms with Crippen LogP contribution in [-0.2, 0) is 24.1 Å². The molecule has 0 bridgehead atoms. The summed E-state index contributed by atoms with van der Waals surface area (Å²) in [6, 6.07) is 19.0. The van der Waals surface area contributed by atoms with Crippen molar-refractivity contribution in [1.29, 1.82) is 0 Å². The van der Waals surface area contributed by atoms with Gasteiger partial charge in [0.05, 0.1) is 5.56 Å². The number of nitrogens with zero attached hydrogens (tertiary/aromatic N) is 1. The van der Waals surface area contributed by atoms with Crippen LogP contribution in [0.5, 0.6) is 5.75 Å². The summed E-state index contributed by atoms with van der Waals surface area (Å²) in [5.74, 6) is -0.143. The van der Waals surface area contributed by atoms with Crippen LogP contribution in [0.2, 0.25) is 5.02 Å². The van der Waals surface area contributed by atoms with Crippen LogP contribution in [0.15, 0.2) is 78.4 Å². The van der Waals surface area contributed by atoms with E-state index >= 15 is 0 Å². The van der Waals surface area contributed by atoms with Gasteiger partial charge in [-0.2, -0.15) is 13.2 Å². The lowest BCUT2D eigenvalue weighted by Gasteiger charge is -2.31. The molecule has 0 aromatic heterocycles. The summed E-state index contributed by atoms with van der Waals surface area (Å²) in [6.07, 6.45) is -3.78. The maximum Gasteiger partial charge on any atom is 0.416 e. The van der Waals surface area contributed by atoms with Crippen molar-refractivity contribution in [3.8, 4) is 5.75 Å². The first-order valence-electron chi connectivity index (χ1n) is 11.1. The Kier molecular flexibility index (Phi) is 7.48. The standard InChI is InChI=1S/C27H24ClF3N2O2/c28-25-4-2-1-3-20(25)16-33-14-13-23(19-7-11-22(34)12-8-19)24(17-33)26(35)32-15-18-5-9-21(10-6-18)27(29,30)31/h1-12,34H,13-17H2,(H,32,35). The molecule has 35 heavy (non-hydrogen) atoms. The largest absolute Gasteiger partial charge is 0.508 e. The first-order valence-corrected chi connectivity index (χ1v) is 11.5. The number of carbonyl (C=O) groups excluding carboxylic acids is 1. The number of hydrogen-bond donors (Lipinski definition) is 2. The van der Waals surface area contributed by atoms with Crippen LogP contribution in [0.3, 0.4) is 0 Å². The fourth-order valence-corrected chi connectivity index (χ4v) is 4.31. The summed E-state index contributed by atoms with van der Waals surface area (Å²) < 4.78 is 38.5. The van der Waals surface area contributed by atoms with E-state index in [1.54, 1.807) is 24.3 Å². The summed E-state index contributed by atoms with van der Waals surface area (Å²) >= 11 is 6.33. The number of aromatic hydroxyl groups is 1. The van der Waals surface area contributed by atoms with Gasteiger partial charge in [0.15, 0.2) is 0 Å². The highest BCUT2D eigenvalue weighted by Gasteiger charge is 2.30. The predicted octanol–water partition coefficient (Wildman–Crippen LogP) is 6.04. The minimum absolute atomic E-state index is 0.105. The SMILES string of the molecule is O=C(NCc1ccc(C(F)(F)F)cc1)C1=C(c2ccc(O)cc2)CCN(Cc2ccccc2Cl)C1. The molecule has 2 N–H and O–H groups in total. The van der Waals surface area contributed by atoms with Crippen molar-refractivity contribution in [3.05, 3.63) is 106 Å². The summed E-state index contributed by atoms with van der Waals surface area (Å²) in [4.78, 5) is 15.4. The first-order chi connectivity index (χ1) is 16.7. The molecule has 1 aliphatic rings. The Morgan fingerprint density at radius 3 is 2.34 bits per heavy atom. The zero-order valence-corrected chi connectivity index (χ0v) is 19.5. The Hall–Kier alpha value is -3.29. The molecule has 1 amide bonds. The average molecular weight is 501 g/mol. The van der Waals surface area contributed by atoms with Gasteiger partial charge in [0.25, 0.3) is 0 Å². The summed E-state index contributed by atoms with van der Waals surface area (Å²) in [6.45, 7) is 1.80. The molecule has 1 heterocycles. The van der Waals surface area contributed by atoms with Crippen molar-refractivity contribution in [2.75, 3.05) is 13.1 Å². The fraction of sp³-hybridized carbons (Fsp3) is 0.222. The van der Waals surface area contributed by atoms with Crippen molar-refractivity contribution < 1.29 is 23.1 Å². The Bertz CT molecular complexity index is 1220. The van der Waals surface area contributed by atoms with E-state index in [0.717, 1.165) is 35.4 Å². The van der Waals surface area contributed by atoms with E-state index in [9.17, 15) is 23.1 Å². The van der Waals surface area contributed by atoms with Crippen LogP contribution in [0.4, 0.5) is 13.2 Å². The van der Waals surface area contributed by atoms with Gasteiger partial charge in [-0.1, -0.05) is 54.1 Å². The Labute approximate surface area is 206 Å². The molecule has 4 nitrogen and oxygen atoms in total. The van der Waals surface area contributed by atoms with E-state index in [-0.39, 0.29) is 18.2 Å². The number of nitrogens with one attached hydrogen (secondary N) is 1. The molecular formula is C27H24ClF3N2O2. The number of amides is 1. The summed E-state index contributed by atoms with van der Waals surface area (Å²) in [5, 5.41) is 13.2. The molecule has 8 heteroatoms. The highest BCUT2D eigenvalue weighted by molar-refractivity contribution is 6.31. The van der Waals surface area contributed by atoms with Gasteiger partial charge in [0, 0.05) is 36.8 Å². The van der Waals surface area contributed by atoms with Gasteiger partial charge in [-0.05, 0) is 59.0 Å². The summed E-state index contributed by atoms with van der Waals surface area (Å²) in [7, 11) is 0. The third-order valence-corrected chi connectivity index (χ3v) is 6.37. The van der Waals surface area contributed by atoms with Crippen molar-refractivity contribution in [2.24, 2.45) is 0 Å². The van der Waals surface area contributed by atoms with E-state index in [1.165, 1.54) is 12.1 Å². The molecule has 182 valence electrons. The van der Waals surface area contributed by atoms with Gasteiger partial charge in [-0.3, -0.25) is 9.69 Å². The van der Waals surface area contributed by atoms with Crippen molar-refractivity contribution >= 4 is 23.1 Å². The molecule has 0 saturated carbocycles. The molecule has 0 fully saturated rings. The zero-order valence-electron chi connectivity index (χ0n) is 18.8. The topological polar surface area (TPSA) is 52.6 Å². The molecule has 4 rings (SSSR count). The zero-order chi connectivity index (χ0) is 25.0. The molecule has 3 aromatic rings.